The first-order valence-corrected chi connectivity index (χ1v) is 8.10. The molecule has 4 heteroatoms. The molecule has 20 heavy (non-hydrogen) atoms. The van der Waals surface area contributed by atoms with Crippen molar-refractivity contribution >= 4 is 18.0 Å². The summed E-state index contributed by atoms with van der Waals surface area (Å²) >= 11 is 1.89. The zero-order valence-electron chi connectivity index (χ0n) is 12.8. The van der Waals surface area contributed by atoms with Gasteiger partial charge in [0.1, 0.15) is 11.9 Å². The predicted octanol–water partition coefficient (Wildman–Crippen LogP) is 4.76. The molecule has 0 radical (unpaired) electrons. The molecule has 0 N–H and O–H groups in total. The summed E-state index contributed by atoms with van der Waals surface area (Å²) in [6, 6.07) is 8.23. The summed E-state index contributed by atoms with van der Waals surface area (Å²) in [5, 5.41) is 4.46. The van der Waals surface area contributed by atoms with Crippen molar-refractivity contribution < 1.29 is 9.57 Å². The Bertz CT molecular complexity index is 392. The van der Waals surface area contributed by atoms with E-state index in [0.29, 0.717) is 11.9 Å². The fraction of sp³-hybridized carbons (Fsp3) is 0.562. The number of hydrogen-bond donors (Lipinski definition) is 0. The second kappa shape index (κ2) is 9.70. The van der Waals surface area contributed by atoms with Gasteiger partial charge in [-0.2, -0.15) is 0 Å². The molecule has 0 saturated carbocycles. The van der Waals surface area contributed by atoms with Gasteiger partial charge >= 0.3 is 0 Å². The lowest BCUT2D eigenvalue weighted by molar-refractivity contribution is 0.0635. The maximum Gasteiger partial charge on any atom is 0.153 e. The number of hydrogen-bond acceptors (Lipinski definition) is 4. The first-order valence-electron chi connectivity index (χ1n) is 7.22. The Hall–Kier alpha value is -1.16. The summed E-state index contributed by atoms with van der Waals surface area (Å²) in [5.41, 5.74) is 0. The van der Waals surface area contributed by atoms with Gasteiger partial charge in [0, 0.05) is 16.4 Å². The van der Waals surface area contributed by atoms with Crippen LogP contribution in [-0.2, 0) is 4.84 Å². The van der Waals surface area contributed by atoms with Gasteiger partial charge in [-0.05, 0) is 44.0 Å². The van der Waals surface area contributed by atoms with Crippen LogP contribution in [0.5, 0.6) is 5.75 Å². The molecule has 112 valence electrons. The van der Waals surface area contributed by atoms with Crippen molar-refractivity contribution in [3.63, 3.8) is 0 Å². The zero-order chi connectivity index (χ0) is 14.8. The quantitative estimate of drug-likeness (QED) is 0.374. The van der Waals surface area contributed by atoms with Gasteiger partial charge in [-0.1, -0.05) is 25.9 Å². The van der Waals surface area contributed by atoms with Gasteiger partial charge in [-0.25, -0.2) is 0 Å². The van der Waals surface area contributed by atoms with Gasteiger partial charge in [0.2, 0.25) is 0 Å². The van der Waals surface area contributed by atoms with Crippen molar-refractivity contribution in [2.75, 3.05) is 6.61 Å². The van der Waals surface area contributed by atoms with Crippen LogP contribution in [-0.4, -0.2) is 24.2 Å². The molecular weight excluding hydrogens is 270 g/mol. The van der Waals surface area contributed by atoms with Crippen LogP contribution in [0.3, 0.4) is 0 Å². The first-order chi connectivity index (χ1) is 9.65. The molecular formula is C16H25NO2S. The van der Waals surface area contributed by atoms with E-state index in [2.05, 4.69) is 31.1 Å². The average molecular weight is 295 g/mol. The smallest absolute Gasteiger partial charge is 0.153 e. The molecule has 1 rings (SSSR count). The highest BCUT2D eigenvalue weighted by molar-refractivity contribution is 7.99. The molecule has 0 aromatic heterocycles. The first kappa shape index (κ1) is 16.9. The van der Waals surface area contributed by atoms with E-state index in [1.807, 2.05) is 37.7 Å². The molecule has 0 aliphatic heterocycles. The van der Waals surface area contributed by atoms with Gasteiger partial charge < -0.3 is 9.57 Å². The van der Waals surface area contributed by atoms with Gasteiger partial charge in [-0.15, -0.1) is 11.8 Å². The fourth-order valence-electron chi connectivity index (χ4n) is 1.45. The SMILES string of the molecule is CC/C=N/OCC(C)Oc1ccc(SC(C)CC)cc1. The summed E-state index contributed by atoms with van der Waals surface area (Å²) in [6.07, 6.45) is 3.78. The summed E-state index contributed by atoms with van der Waals surface area (Å²) in [6.45, 7) is 8.90. The van der Waals surface area contributed by atoms with Crippen LogP contribution in [0.25, 0.3) is 0 Å². The second-order valence-electron chi connectivity index (χ2n) is 4.73. The van der Waals surface area contributed by atoms with E-state index in [4.69, 9.17) is 9.57 Å². The Morgan fingerprint density at radius 1 is 1.20 bits per heavy atom. The minimum absolute atomic E-state index is 0.0166. The molecule has 0 bridgehead atoms. The van der Waals surface area contributed by atoms with E-state index in [1.54, 1.807) is 6.21 Å². The lowest BCUT2D eigenvalue weighted by atomic mass is 10.3. The molecule has 1 aromatic carbocycles. The van der Waals surface area contributed by atoms with E-state index in [1.165, 1.54) is 11.3 Å². The number of thioether (sulfide) groups is 1. The Balaban J connectivity index is 2.38. The standard InChI is InChI=1S/C16H25NO2S/c1-5-11-17-18-12-13(3)19-15-7-9-16(10-8-15)20-14(4)6-2/h7-11,13-14H,5-6,12H2,1-4H3/b17-11+. The van der Waals surface area contributed by atoms with E-state index in [9.17, 15) is 0 Å². The van der Waals surface area contributed by atoms with Crippen LogP contribution in [0.1, 0.15) is 40.5 Å². The number of oxime groups is 1. The van der Waals surface area contributed by atoms with Crippen LogP contribution in [0.15, 0.2) is 34.3 Å². The van der Waals surface area contributed by atoms with Crippen LogP contribution in [0.4, 0.5) is 0 Å². The molecule has 1 aromatic rings. The second-order valence-corrected chi connectivity index (χ2v) is 6.24. The molecule has 0 heterocycles. The van der Waals surface area contributed by atoms with Gasteiger partial charge in [0.25, 0.3) is 0 Å². The summed E-state index contributed by atoms with van der Waals surface area (Å²) in [5.74, 6) is 0.870. The van der Waals surface area contributed by atoms with E-state index >= 15 is 0 Å². The minimum atomic E-state index is -0.0166. The highest BCUT2D eigenvalue weighted by Crippen LogP contribution is 2.26. The summed E-state index contributed by atoms with van der Waals surface area (Å²) < 4.78 is 5.77. The largest absolute Gasteiger partial charge is 0.487 e. The molecule has 0 aliphatic rings. The Morgan fingerprint density at radius 3 is 2.50 bits per heavy atom. The van der Waals surface area contributed by atoms with Crippen molar-refractivity contribution in [3.8, 4) is 5.75 Å². The van der Waals surface area contributed by atoms with Crippen LogP contribution in [0.2, 0.25) is 0 Å². The maximum atomic E-state index is 5.77. The number of rotatable bonds is 9. The topological polar surface area (TPSA) is 30.8 Å². The van der Waals surface area contributed by atoms with E-state index in [0.717, 1.165) is 12.2 Å². The predicted molar refractivity (Wildman–Crippen MR) is 86.9 cm³/mol. The molecule has 0 saturated heterocycles. The molecule has 0 amide bonds. The lowest BCUT2D eigenvalue weighted by Gasteiger charge is -2.14. The molecule has 0 fully saturated rings. The van der Waals surface area contributed by atoms with Crippen molar-refractivity contribution in [1.82, 2.24) is 0 Å². The molecule has 3 nitrogen and oxygen atoms in total. The van der Waals surface area contributed by atoms with Gasteiger partial charge in [0.15, 0.2) is 6.61 Å². The van der Waals surface area contributed by atoms with Crippen molar-refractivity contribution in [2.24, 2.45) is 5.16 Å². The zero-order valence-corrected chi connectivity index (χ0v) is 13.7. The number of nitrogens with zero attached hydrogens (tertiary/aromatic N) is 1. The average Bonchev–Trinajstić information content (AvgIpc) is 2.45. The Morgan fingerprint density at radius 2 is 1.90 bits per heavy atom. The monoisotopic (exact) mass is 295 g/mol. The van der Waals surface area contributed by atoms with Crippen molar-refractivity contribution in [1.29, 1.82) is 0 Å². The van der Waals surface area contributed by atoms with E-state index < -0.39 is 0 Å². The number of benzene rings is 1. The highest BCUT2D eigenvalue weighted by atomic mass is 32.2. The van der Waals surface area contributed by atoms with E-state index in [-0.39, 0.29) is 6.10 Å². The Labute approximate surface area is 126 Å². The molecule has 0 aliphatic carbocycles. The van der Waals surface area contributed by atoms with Crippen LogP contribution >= 0.6 is 11.8 Å². The minimum Gasteiger partial charge on any atom is -0.487 e. The summed E-state index contributed by atoms with van der Waals surface area (Å²) in [4.78, 5) is 6.42. The third-order valence-corrected chi connectivity index (χ3v) is 3.99. The maximum absolute atomic E-state index is 5.77. The Kier molecular flexibility index (Phi) is 8.19. The number of ether oxygens (including phenoxy) is 1. The van der Waals surface area contributed by atoms with Crippen molar-refractivity contribution in [3.05, 3.63) is 24.3 Å². The summed E-state index contributed by atoms with van der Waals surface area (Å²) in [7, 11) is 0. The molecule has 0 spiro atoms. The lowest BCUT2D eigenvalue weighted by Crippen LogP contribution is -2.17. The normalized spacial score (nSPS) is 14.2. The van der Waals surface area contributed by atoms with Gasteiger partial charge in [0.05, 0.1) is 0 Å². The van der Waals surface area contributed by atoms with Crippen LogP contribution in [0, 0.1) is 0 Å². The third-order valence-electron chi connectivity index (χ3n) is 2.71. The van der Waals surface area contributed by atoms with Crippen LogP contribution < -0.4 is 4.74 Å². The fourth-order valence-corrected chi connectivity index (χ4v) is 2.38. The van der Waals surface area contributed by atoms with Gasteiger partial charge in [-0.3, -0.25) is 0 Å². The van der Waals surface area contributed by atoms with Crippen molar-refractivity contribution in [2.45, 2.75) is 56.8 Å². The molecule has 2 unspecified atom stereocenters. The third kappa shape index (κ3) is 6.85. The molecule has 2 atom stereocenters. The highest BCUT2D eigenvalue weighted by Gasteiger charge is 2.06.